The highest BCUT2D eigenvalue weighted by molar-refractivity contribution is 5.94. The minimum Gasteiger partial charge on any atom is -0.394 e. The lowest BCUT2D eigenvalue weighted by atomic mass is 9.87. The van der Waals surface area contributed by atoms with Gasteiger partial charge in [-0.05, 0) is 36.3 Å². The van der Waals surface area contributed by atoms with E-state index in [2.05, 4.69) is 15.4 Å². The van der Waals surface area contributed by atoms with Gasteiger partial charge in [0.25, 0.3) is 5.91 Å². The monoisotopic (exact) mass is 408 g/mol. The largest absolute Gasteiger partial charge is 0.417 e. The van der Waals surface area contributed by atoms with Gasteiger partial charge >= 0.3 is 6.18 Å². The summed E-state index contributed by atoms with van der Waals surface area (Å²) in [6.07, 6.45) is -1.97. The van der Waals surface area contributed by atoms with Crippen LogP contribution < -0.4 is 5.32 Å². The molecule has 1 amide bonds. The Bertz CT molecular complexity index is 944. The number of pyridine rings is 1. The van der Waals surface area contributed by atoms with Crippen molar-refractivity contribution in [1.82, 2.24) is 20.1 Å². The van der Waals surface area contributed by atoms with Crippen LogP contribution >= 0.6 is 0 Å². The summed E-state index contributed by atoms with van der Waals surface area (Å²) >= 11 is 0. The zero-order valence-electron chi connectivity index (χ0n) is 16.4. The summed E-state index contributed by atoms with van der Waals surface area (Å²) in [4.78, 5) is 16.8. The van der Waals surface area contributed by atoms with Crippen molar-refractivity contribution in [2.45, 2.75) is 51.7 Å². The van der Waals surface area contributed by atoms with E-state index in [9.17, 15) is 23.1 Å². The molecule has 2 aliphatic carbocycles. The molecule has 0 bridgehead atoms. The molecule has 156 valence electrons. The van der Waals surface area contributed by atoms with Gasteiger partial charge in [0.2, 0.25) is 0 Å². The fourth-order valence-electron chi connectivity index (χ4n) is 3.91. The summed E-state index contributed by atoms with van der Waals surface area (Å²) in [5, 5.41) is 16.9. The van der Waals surface area contributed by atoms with Gasteiger partial charge in [-0.2, -0.15) is 18.3 Å². The number of amides is 1. The maximum Gasteiger partial charge on any atom is 0.417 e. The van der Waals surface area contributed by atoms with Crippen LogP contribution in [0.5, 0.6) is 0 Å². The summed E-state index contributed by atoms with van der Waals surface area (Å²) in [5.74, 6) is 0.587. The molecule has 3 atom stereocenters. The first-order valence-electron chi connectivity index (χ1n) is 9.58. The summed E-state index contributed by atoms with van der Waals surface area (Å²) in [6.45, 7) is 5.54. The molecule has 1 saturated carbocycles. The van der Waals surface area contributed by atoms with Crippen LogP contribution in [-0.4, -0.2) is 38.4 Å². The standard InChI is InChI=1S/C20H23F3N4O2/c1-19(2,3)14(9-28)25-18(29)16-13-7-10-6-12(10)17(13)27(26-16)15-5-4-11(8-24-15)20(21,22)23/h4-5,8,10,12,14,28H,6-7,9H2,1-3H3,(H,25,29)/t10-,12-,14-/m1/s1. The number of aliphatic hydroxyl groups excluding tert-OH is 1. The number of carbonyl (C=O) groups excluding carboxylic acids is 1. The maximum atomic E-state index is 12.9. The highest BCUT2D eigenvalue weighted by Gasteiger charge is 2.50. The molecule has 0 radical (unpaired) electrons. The fourth-order valence-corrected chi connectivity index (χ4v) is 3.91. The van der Waals surface area contributed by atoms with Crippen molar-refractivity contribution in [3.63, 3.8) is 0 Å². The van der Waals surface area contributed by atoms with Crippen LogP contribution in [-0.2, 0) is 12.6 Å². The van der Waals surface area contributed by atoms with E-state index in [-0.39, 0.29) is 35.4 Å². The first-order valence-corrected chi connectivity index (χ1v) is 9.58. The van der Waals surface area contributed by atoms with Crippen LogP contribution in [0.15, 0.2) is 18.3 Å². The average molecular weight is 408 g/mol. The van der Waals surface area contributed by atoms with Gasteiger partial charge in [0.15, 0.2) is 11.5 Å². The highest BCUT2D eigenvalue weighted by atomic mass is 19.4. The van der Waals surface area contributed by atoms with Gasteiger partial charge in [-0.1, -0.05) is 20.8 Å². The number of aliphatic hydroxyl groups is 1. The number of rotatable bonds is 4. The Labute approximate surface area is 166 Å². The third-order valence-electron chi connectivity index (χ3n) is 5.80. The van der Waals surface area contributed by atoms with Crippen molar-refractivity contribution in [2.24, 2.45) is 11.3 Å². The number of fused-ring (bicyclic) bond motifs is 3. The third kappa shape index (κ3) is 3.52. The smallest absolute Gasteiger partial charge is 0.394 e. The SMILES string of the molecule is CC(C)(C)[C@@H](CO)NC(=O)c1nn(-c2ccc(C(F)(F)F)cn2)c2c1C[C@H]1C[C@@H]21. The molecular weight excluding hydrogens is 385 g/mol. The lowest BCUT2D eigenvalue weighted by molar-refractivity contribution is -0.137. The van der Waals surface area contributed by atoms with E-state index in [1.165, 1.54) is 10.7 Å². The zero-order valence-corrected chi connectivity index (χ0v) is 16.4. The number of aromatic nitrogens is 3. The van der Waals surface area contributed by atoms with E-state index in [1.54, 1.807) is 0 Å². The van der Waals surface area contributed by atoms with E-state index in [0.29, 0.717) is 5.92 Å². The van der Waals surface area contributed by atoms with Crippen LogP contribution in [0.1, 0.15) is 60.4 Å². The Morgan fingerprint density at radius 2 is 2.07 bits per heavy atom. The second kappa shape index (κ2) is 6.55. The molecule has 9 heteroatoms. The first-order chi connectivity index (χ1) is 13.5. The van der Waals surface area contributed by atoms with Crippen molar-refractivity contribution in [1.29, 1.82) is 0 Å². The number of nitrogens with zero attached hydrogens (tertiary/aromatic N) is 3. The van der Waals surface area contributed by atoms with Crippen LogP contribution in [0.25, 0.3) is 5.82 Å². The predicted molar refractivity (Wildman–Crippen MR) is 98.7 cm³/mol. The fraction of sp³-hybridized carbons (Fsp3) is 0.550. The Hall–Kier alpha value is -2.42. The number of halogens is 3. The van der Waals surface area contributed by atoms with Crippen LogP contribution in [0.4, 0.5) is 13.2 Å². The molecule has 0 spiro atoms. The van der Waals surface area contributed by atoms with Crippen molar-refractivity contribution in [3.8, 4) is 5.82 Å². The molecule has 6 nitrogen and oxygen atoms in total. The van der Waals surface area contributed by atoms with E-state index < -0.39 is 17.8 Å². The number of carbonyl (C=O) groups is 1. The molecule has 0 unspecified atom stereocenters. The summed E-state index contributed by atoms with van der Waals surface area (Å²) in [6, 6.07) is 1.80. The molecule has 29 heavy (non-hydrogen) atoms. The van der Waals surface area contributed by atoms with Gasteiger partial charge in [-0.25, -0.2) is 9.67 Å². The van der Waals surface area contributed by atoms with Crippen molar-refractivity contribution < 1.29 is 23.1 Å². The number of nitrogens with one attached hydrogen (secondary N) is 1. The van der Waals surface area contributed by atoms with E-state index >= 15 is 0 Å². The second-order valence-corrected chi connectivity index (χ2v) is 8.91. The molecular formula is C20H23F3N4O2. The molecule has 0 saturated heterocycles. The lowest BCUT2D eigenvalue weighted by Crippen LogP contribution is -2.46. The van der Waals surface area contributed by atoms with Gasteiger partial charge in [0.05, 0.1) is 23.9 Å². The molecule has 1 fully saturated rings. The minimum atomic E-state index is -4.46. The molecule has 0 aliphatic heterocycles. The molecule has 2 aromatic heterocycles. The van der Waals surface area contributed by atoms with Crippen LogP contribution in [0.2, 0.25) is 0 Å². The Kier molecular flexibility index (Phi) is 4.49. The van der Waals surface area contributed by atoms with Gasteiger partial charge in [0, 0.05) is 17.7 Å². The maximum absolute atomic E-state index is 12.9. The number of hydrogen-bond donors (Lipinski definition) is 2. The second-order valence-electron chi connectivity index (χ2n) is 8.91. The first kappa shape index (κ1) is 19.9. The van der Waals surface area contributed by atoms with Gasteiger partial charge in [-0.3, -0.25) is 4.79 Å². The minimum absolute atomic E-state index is 0.205. The topological polar surface area (TPSA) is 80.0 Å². The zero-order chi connectivity index (χ0) is 21.1. The predicted octanol–water partition coefficient (Wildman–Crippen LogP) is 3.08. The molecule has 2 aromatic rings. The van der Waals surface area contributed by atoms with E-state index in [1.807, 2.05) is 20.8 Å². The Morgan fingerprint density at radius 3 is 2.62 bits per heavy atom. The van der Waals surface area contributed by atoms with E-state index in [4.69, 9.17) is 0 Å². The van der Waals surface area contributed by atoms with Crippen molar-refractivity contribution >= 4 is 5.91 Å². The Balaban J connectivity index is 1.68. The average Bonchev–Trinajstić information content (AvgIpc) is 3.13. The quantitative estimate of drug-likeness (QED) is 0.815. The highest BCUT2D eigenvalue weighted by Crippen LogP contribution is 2.57. The summed E-state index contributed by atoms with van der Waals surface area (Å²) in [5.41, 5.74) is 0.785. The normalized spacial score (nSPS) is 21.5. The molecule has 2 N–H and O–H groups in total. The van der Waals surface area contributed by atoms with Crippen molar-refractivity contribution in [3.05, 3.63) is 40.8 Å². The number of hydrogen-bond acceptors (Lipinski definition) is 4. The molecule has 4 rings (SSSR count). The van der Waals surface area contributed by atoms with E-state index in [0.717, 1.165) is 36.4 Å². The van der Waals surface area contributed by atoms with Crippen LogP contribution in [0, 0.1) is 11.3 Å². The number of alkyl halides is 3. The molecule has 2 heterocycles. The summed E-state index contributed by atoms with van der Waals surface area (Å²) < 4.78 is 40.0. The van der Waals surface area contributed by atoms with Gasteiger partial charge in [0.1, 0.15) is 0 Å². The van der Waals surface area contributed by atoms with Crippen LogP contribution in [0.3, 0.4) is 0 Å². The van der Waals surface area contributed by atoms with Crippen molar-refractivity contribution in [2.75, 3.05) is 6.61 Å². The lowest BCUT2D eigenvalue weighted by Gasteiger charge is -2.29. The Morgan fingerprint density at radius 1 is 1.34 bits per heavy atom. The molecule has 0 aromatic carbocycles. The summed E-state index contributed by atoms with van der Waals surface area (Å²) in [7, 11) is 0. The van der Waals surface area contributed by atoms with Gasteiger partial charge < -0.3 is 10.4 Å². The third-order valence-corrected chi connectivity index (χ3v) is 5.80. The molecule has 2 aliphatic rings. The van der Waals surface area contributed by atoms with Gasteiger partial charge in [-0.15, -0.1) is 0 Å².